The molecule has 6 N–H and O–H groups in total. The molecule has 0 radical (unpaired) electrons. The predicted molar refractivity (Wildman–Crippen MR) is 85.8 cm³/mol. The molecule has 0 saturated heterocycles. The third-order valence-electron chi connectivity index (χ3n) is 3.47. The predicted octanol–water partition coefficient (Wildman–Crippen LogP) is 0.673. The number of nitrogens with two attached hydrogens (primary N) is 2. The lowest BCUT2D eigenvalue weighted by Crippen LogP contribution is -2.10. The summed E-state index contributed by atoms with van der Waals surface area (Å²) in [6, 6.07) is 1.54. The Hall–Kier alpha value is -3.00. The number of nitrogens with zero attached hydrogens (tertiary/aromatic N) is 3. The number of hydrogen-bond acceptors (Lipinski definition) is 7. The van der Waals surface area contributed by atoms with Crippen LogP contribution in [0, 0.1) is 0 Å². The van der Waals surface area contributed by atoms with Gasteiger partial charge in [0.15, 0.2) is 0 Å². The van der Waals surface area contributed by atoms with Crippen LogP contribution in [0.5, 0.6) is 0 Å². The maximum Gasteiger partial charge on any atom is 0.222 e. The average Bonchev–Trinajstić information content (AvgIpc) is 2.94. The maximum absolute atomic E-state index is 12.8. The Kier molecular flexibility index (Phi) is 3.90. The summed E-state index contributed by atoms with van der Waals surface area (Å²) in [5.41, 5.74) is 13.7. The number of H-pyrrole nitrogens is 1. The van der Waals surface area contributed by atoms with Crippen molar-refractivity contribution in [2.24, 2.45) is 0 Å². The molecule has 8 heteroatoms. The third kappa shape index (κ3) is 2.84. The van der Waals surface area contributed by atoms with Gasteiger partial charge in [-0.05, 0) is 24.5 Å². The van der Waals surface area contributed by atoms with E-state index in [1.54, 1.807) is 12.3 Å². The molecule has 23 heavy (non-hydrogen) atoms. The van der Waals surface area contributed by atoms with Gasteiger partial charge in [0.05, 0.1) is 11.1 Å². The SMILES string of the molecule is Nc1cncc(C(=O)c2nc(N)nc3[nH]cc(CCCO)c23)c1. The van der Waals surface area contributed by atoms with Crippen LogP contribution in [0.25, 0.3) is 11.0 Å². The zero-order chi connectivity index (χ0) is 16.4. The van der Waals surface area contributed by atoms with Crippen LogP contribution in [0.3, 0.4) is 0 Å². The van der Waals surface area contributed by atoms with E-state index in [1.807, 2.05) is 0 Å². The summed E-state index contributed by atoms with van der Waals surface area (Å²) in [4.78, 5) is 27.9. The molecule has 0 fully saturated rings. The van der Waals surface area contributed by atoms with Crippen LogP contribution in [-0.4, -0.2) is 37.4 Å². The van der Waals surface area contributed by atoms with Gasteiger partial charge in [0.2, 0.25) is 11.7 Å². The number of aromatic amines is 1. The van der Waals surface area contributed by atoms with Crippen molar-refractivity contribution in [1.29, 1.82) is 0 Å². The third-order valence-corrected chi connectivity index (χ3v) is 3.47. The molecule has 0 amide bonds. The first-order valence-electron chi connectivity index (χ1n) is 7.09. The first kappa shape index (κ1) is 14.9. The summed E-state index contributed by atoms with van der Waals surface area (Å²) < 4.78 is 0. The van der Waals surface area contributed by atoms with Crippen molar-refractivity contribution in [3.05, 3.63) is 41.5 Å². The van der Waals surface area contributed by atoms with Gasteiger partial charge in [-0.3, -0.25) is 9.78 Å². The zero-order valence-electron chi connectivity index (χ0n) is 12.3. The molecule has 118 valence electrons. The number of rotatable bonds is 5. The summed E-state index contributed by atoms with van der Waals surface area (Å²) in [7, 11) is 0. The number of aliphatic hydroxyl groups is 1. The molecule has 3 aromatic rings. The quantitative estimate of drug-likeness (QED) is 0.507. The Bertz CT molecular complexity index is 874. The van der Waals surface area contributed by atoms with E-state index < -0.39 is 0 Å². The molecule has 0 aliphatic rings. The Morgan fingerprint density at radius 2 is 2.09 bits per heavy atom. The highest BCUT2D eigenvalue weighted by molar-refractivity contribution is 6.15. The van der Waals surface area contributed by atoms with E-state index in [9.17, 15) is 4.79 Å². The van der Waals surface area contributed by atoms with Crippen molar-refractivity contribution in [3.63, 3.8) is 0 Å². The van der Waals surface area contributed by atoms with Gasteiger partial charge in [0, 0.05) is 30.8 Å². The highest BCUT2D eigenvalue weighted by Crippen LogP contribution is 2.24. The number of aromatic nitrogens is 4. The van der Waals surface area contributed by atoms with Crippen molar-refractivity contribution in [2.75, 3.05) is 18.1 Å². The van der Waals surface area contributed by atoms with E-state index in [4.69, 9.17) is 16.6 Å². The van der Waals surface area contributed by atoms with Gasteiger partial charge in [-0.1, -0.05) is 0 Å². The molecule has 0 unspecified atom stereocenters. The van der Waals surface area contributed by atoms with Gasteiger partial charge >= 0.3 is 0 Å². The summed E-state index contributed by atoms with van der Waals surface area (Å²) in [5, 5.41) is 9.63. The van der Waals surface area contributed by atoms with E-state index in [-0.39, 0.29) is 24.0 Å². The number of ketones is 1. The highest BCUT2D eigenvalue weighted by Gasteiger charge is 2.20. The zero-order valence-corrected chi connectivity index (χ0v) is 12.3. The largest absolute Gasteiger partial charge is 0.397 e. The van der Waals surface area contributed by atoms with Gasteiger partial charge in [-0.15, -0.1) is 0 Å². The smallest absolute Gasteiger partial charge is 0.222 e. The molecule has 0 aliphatic carbocycles. The molecule has 0 spiro atoms. The molecule has 3 rings (SSSR count). The van der Waals surface area contributed by atoms with Crippen molar-refractivity contribution >= 4 is 28.5 Å². The second-order valence-electron chi connectivity index (χ2n) is 5.13. The number of hydrogen-bond donors (Lipinski definition) is 4. The average molecular weight is 312 g/mol. The molecule has 0 bridgehead atoms. The number of anilines is 2. The number of aryl methyl sites for hydroxylation is 1. The van der Waals surface area contributed by atoms with Crippen molar-refractivity contribution in [2.45, 2.75) is 12.8 Å². The molecule has 0 atom stereocenters. The van der Waals surface area contributed by atoms with E-state index in [2.05, 4.69) is 19.9 Å². The van der Waals surface area contributed by atoms with Gasteiger partial charge in [0.25, 0.3) is 0 Å². The lowest BCUT2D eigenvalue weighted by Gasteiger charge is -2.06. The Labute approximate surface area is 131 Å². The fourth-order valence-electron chi connectivity index (χ4n) is 2.46. The van der Waals surface area contributed by atoms with Crippen LogP contribution in [0.15, 0.2) is 24.7 Å². The number of pyridine rings is 1. The number of aliphatic hydroxyl groups excluding tert-OH is 1. The summed E-state index contributed by atoms with van der Waals surface area (Å²) in [6.07, 6.45) is 5.82. The monoisotopic (exact) mass is 312 g/mol. The van der Waals surface area contributed by atoms with Crippen LogP contribution in [0.4, 0.5) is 11.6 Å². The fraction of sp³-hybridized carbons (Fsp3) is 0.200. The molecule has 0 aliphatic heterocycles. The normalized spacial score (nSPS) is 11.0. The Morgan fingerprint density at radius 1 is 1.26 bits per heavy atom. The second kappa shape index (κ2) is 6.01. The maximum atomic E-state index is 12.8. The van der Waals surface area contributed by atoms with Crippen molar-refractivity contribution in [3.8, 4) is 0 Å². The standard InChI is InChI=1S/C15H16N6O2/c16-10-4-9(5-18-7-10)13(23)12-11-8(2-1-3-22)6-19-14(11)21-15(17)20-12/h4-7,22H,1-3,16H2,(H3,17,19,20,21). The van der Waals surface area contributed by atoms with Crippen molar-refractivity contribution < 1.29 is 9.90 Å². The van der Waals surface area contributed by atoms with E-state index in [0.29, 0.717) is 35.1 Å². The Balaban J connectivity index is 2.15. The summed E-state index contributed by atoms with van der Waals surface area (Å²) in [6.45, 7) is 0.0604. The molecular weight excluding hydrogens is 296 g/mol. The van der Waals surface area contributed by atoms with E-state index in [1.165, 1.54) is 12.4 Å². The van der Waals surface area contributed by atoms with Gasteiger partial charge in [0.1, 0.15) is 11.3 Å². The molecule has 3 heterocycles. The highest BCUT2D eigenvalue weighted by atomic mass is 16.2. The lowest BCUT2D eigenvalue weighted by atomic mass is 10.0. The summed E-state index contributed by atoms with van der Waals surface area (Å²) >= 11 is 0. The molecular formula is C15H16N6O2. The number of carbonyl (C=O) groups excluding carboxylic acids is 1. The number of carbonyl (C=O) groups is 1. The van der Waals surface area contributed by atoms with Crippen LogP contribution in [-0.2, 0) is 6.42 Å². The van der Waals surface area contributed by atoms with Gasteiger partial charge in [-0.25, -0.2) is 4.98 Å². The lowest BCUT2D eigenvalue weighted by molar-refractivity contribution is 0.103. The molecule has 0 aromatic carbocycles. The minimum Gasteiger partial charge on any atom is -0.397 e. The number of nitrogen functional groups attached to an aromatic ring is 2. The first-order chi connectivity index (χ1) is 11.1. The minimum atomic E-state index is -0.325. The van der Waals surface area contributed by atoms with Gasteiger partial charge in [-0.2, -0.15) is 4.98 Å². The Morgan fingerprint density at radius 3 is 2.83 bits per heavy atom. The van der Waals surface area contributed by atoms with Crippen LogP contribution in [0.1, 0.15) is 28.0 Å². The topological polar surface area (TPSA) is 144 Å². The first-order valence-corrected chi connectivity index (χ1v) is 7.09. The van der Waals surface area contributed by atoms with Crippen LogP contribution in [0.2, 0.25) is 0 Å². The fourth-order valence-corrected chi connectivity index (χ4v) is 2.46. The van der Waals surface area contributed by atoms with Crippen LogP contribution < -0.4 is 11.5 Å². The van der Waals surface area contributed by atoms with Crippen molar-refractivity contribution in [1.82, 2.24) is 19.9 Å². The summed E-state index contributed by atoms with van der Waals surface area (Å²) in [5.74, 6) is -0.318. The minimum absolute atomic E-state index is 0.00766. The number of nitrogens with one attached hydrogen (secondary N) is 1. The second-order valence-corrected chi connectivity index (χ2v) is 5.13. The van der Waals surface area contributed by atoms with Crippen LogP contribution >= 0.6 is 0 Å². The molecule has 0 saturated carbocycles. The number of fused-ring (bicyclic) bond motifs is 1. The molecule has 8 nitrogen and oxygen atoms in total. The molecule has 3 aromatic heterocycles. The van der Waals surface area contributed by atoms with E-state index >= 15 is 0 Å². The van der Waals surface area contributed by atoms with E-state index in [0.717, 1.165) is 5.56 Å². The van der Waals surface area contributed by atoms with Gasteiger partial charge < -0.3 is 21.6 Å².